The molecule has 1 spiro atoms. The lowest BCUT2D eigenvalue weighted by molar-refractivity contribution is -0.0820. The van der Waals surface area contributed by atoms with Crippen LogP contribution in [0.2, 0.25) is 0 Å². The Morgan fingerprint density at radius 2 is 2.00 bits per heavy atom. The van der Waals surface area contributed by atoms with Gasteiger partial charge in [-0.1, -0.05) is 31.0 Å². The zero-order valence-electron chi connectivity index (χ0n) is 14.1. The SMILES string of the molecule is O=C(N[C@@H]1CCOC2(CCCC2)C1)N[C@H]1CCSc2ccccc21. The van der Waals surface area contributed by atoms with E-state index < -0.39 is 0 Å². The molecule has 0 unspecified atom stereocenters. The van der Waals surface area contributed by atoms with Gasteiger partial charge in [-0.3, -0.25) is 0 Å². The van der Waals surface area contributed by atoms with Gasteiger partial charge in [-0.2, -0.15) is 0 Å². The van der Waals surface area contributed by atoms with E-state index in [2.05, 4.69) is 34.9 Å². The molecule has 1 aromatic carbocycles. The molecule has 2 aliphatic heterocycles. The fourth-order valence-electron chi connectivity index (χ4n) is 4.40. The molecule has 2 heterocycles. The molecule has 4 rings (SSSR count). The number of amides is 2. The maximum absolute atomic E-state index is 12.5. The Morgan fingerprint density at radius 1 is 1.17 bits per heavy atom. The van der Waals surface area contributed by atoms with E-state index in [9.17, 15) is 4.79 Å². The topological polar surface area (TPSA) is 50.4 Å². The van der Waals surface area contributed by atoms with Crippen LogP contribution in [0.15, 0.2) is 29.2 Å². The number of carbonyl (C=O) groups excluding carboxylic acids is 1. The van der Waals surface area contributed by atoms with Gasteiger partial charge in [0.15, 0.2) is 0 Å². The molecule has 2 fully saturated rings. The first-order chi connectivity index (χ1) is 11.7. The fourth-order valence-corrected chi connectivity index (χ4v) is 5.52. The largest absolute Gasteiger partial charge is 0.375 e. The monoisotopic (exact) mass is 346 g/mol. The standard InChI is InChI=1S/C19H26N2O2S/c22-18(20-14-7-11-23-19(13-14)9-3-4-10-19)21-16-8-12-24-17-6-2-1-5-15(16)17/h1-2,5-6,14,16H,3-4,7-13H2,(H2,20,21,22)/t14-,16+/m1/s1. The zero-order chi connectivity index (χ0) is 16.4. The van der Waals surface area contributed by atoms with Gasteiger partial charge in [-0.15, -0.1) is 11.8 Å². The number of hydrogen-bond acceptors (Lipinski definition) is 3. The second kappa shape index (κ2) is 6.96. The van der Waals surface area contributed by atoms with E-state index in [0.717, 1.165) is 44.5 Å². The van der Waals surface area contributed by atoms with Crippen LogP contribution < -0.4 is 10.6 Å². The quantitative estimate of drug-likeness (QED) is 0.850. The van der Waals surface area contributed by atoms with Crippen molar-refractivity contribution in [3.63, 3.8) is 0 Å². The first-order valence-corrected chi connectivity index (χ1v) is 10.2. The molecular formula is C19H26N2O2S. The molecule has 1 aromatic rings. The van der Waals surface area contributed by atoms with Gasteiger partial charge < -0.3 is 15.4 Å². The molecule has 0 bridgehead atoms. The van der Waals surface area contributed by atoms with Crippen molar-refractivity contribution in [3.8, 4) is 0 Å². The summed E-state index contributed by atoms with van der Waals surface area (Å²) in [5.74, 6) is 1.06. The molecular weight excluding hydrogens is 320 g/mol. The van der Waals surface area contributed by atoms with E-state index in [1.807, 2.05) is 11.8 Å². The summed E-state index contributed by atoms with van der Waals surface area (Å²) in [7, 11) is 0. The van der Waals surface area contributed by atoms with Crippen LogP contribution in [0.5, 0.6) is 0 Å². The van der Waals surface area contributed by atoms with Crippen LogP contribution in [0.1, 0.15) is 56.6 Å². The van der Waals surface area contributed by atoms with Crippen molar-refractivity contribution in [3.05, 3.63) is 29.8 Å². The molecule has 24 heavy (non-hydrogen) atoms. The zero-order valence-corrected chi connectivity index (χ0v) is 14.9. The maximum atomic E-state index is 12.5. The van der Waals surface area contributed by atoms with Crippen LogP contribution in [-0.2, 0) is 4.74 Å². The molecule has 2 amide bonds. The van der Waals surface area contributed by atoms with Crippen molar-refractivity contribution in [2.24, 2.45) is 0 Å². The van der Waals surface area contributed by atoms with E-state index in [0.29, 0.717) is 0 Å². The minimum Gasteiger partial charge on any atom is -0.375 e. The first-order valence-electron chi connectivity index (χ1n) is 9.17. The van der Waals surface area contributed by atoms with Crippen molar-refractivity contribution in [2.45, 2.75) is 67.5 Å². The summed E-state index contributed by atoms with van der Waals surface area (Å²) in [6.45, 7) is 0.772. The van der Waals surface area contributed by atoms with Gasteiger partial charge in [0, 0.05) is 23.3 Å². The molecule has 1 saturated heterocycles. The third-order valence-electron chi connectivity index (χ3n) is 5.61. The smallest absolute Gasteiger partial charge is 0.315 e. The molecule has 130 valence electrons. The number of fused-ring (bicyclic) bond motifs is 1. The minimum atomic E-state index is -0.0262. The number of thioether (sulfide) groups is 1. The molecule has 1 aliphatic carbocycles. The van der Waals surface area contributed by atoms with E-state index in [1.54, 1.807) is 0 Å². The lowest BCUT2D eigenvalue weighted by Gasteiger charge is -2.38. The molecule has 3 aliphatic rings. The minimum absolute atomic E-state index is 0.0262. The lowest BCUT2D eigenvalue weighted by atomic mass is 9.89. The molecule has 0 radical (unpaired) electrons. The van der Waals surface area contributed by atoms with Gasteiger partial charge in [0.1, 0.15) is 0 Å². The summed E-state index contributed by atoms with van der Waals surface area (Å²) >= 11 is 1.88. The maximum Gasteiger partial charge on any atom is 0.315 e. The number of nitrogens with one attached hydrogen (secondary N) is 2. The number of hydrogen-bond donors (Lipinski definition) is 2. The second-order valence-corrected chi connectivity index (χ2v) is 8.41. The number of urea groups is 1. The molecule has 4 nitrogen and oxygen atoms in total. The van der Waals surface area contributed by atoms with Crippen LogP contribution in [0.25, 0.3) is 0 Å². The van der Waals surface area contributed by atoms with Gasteiger partial charge in [-0.05, 0) is 43.7 Å². The second-order valence-electron chi connectivity index (χ2n) is 7.27. The Morgan fingerprint density at radius 3 is 2.88 bits per heavy atom. The van der Waals surface area contributed by atoms with Gasteiger partial charge in [0.25, 0.3) is 0 Å². The van der Waals surface area contributed by atoms with E-state index in [4.69, 9.17) is 4.74 Å². The Kier molecular flexibility index (Phi) is 4.72. The normalized spacial score (nSPS) is 28.3. The summed E-state index contributed by atoms with van der Waals surface area (Å²) in [6.07, 6.45) is 7.71. The Balaban J connectivity index is 1.36. The van der Waals surface area contributed by atoms with Crippen LogP contribution in [0.3, 0.4) is 0 Å². The lowest BCUT2D eigenvalue weighted by Crippen LogP contribution is -2.50. The highest BCUT2D eigenvalue weighted by Crippen LogP contribution is 2.40. The van der Waals surface area contributed by atoms with Gasteiger partial charge in [-0.25, -0.2) is 4.79 Å². The van der Waals surface area contributed by atoms with Crippen molar-refractivity contribution in [1.29, 1.82) is 0 Å². The van der Waals surface area contributed by atoms with Crippen molar-refractivity contribution in [1.82, 2.24) is 10.6 Å². The average Bonchev–Trinajstić information content (AvgIpc) is 3.03. The summed E-state index contributed by atoms with van der Waals surface area (Å²) in [5.41, 5.74) is 1.30. The van der Waals surface area contributed by atoms with E-state index in [1.165, 1.54) is 23.3 Å². The highest BCUT2D eigenvalue weighted by Gasteiger charge is 2.40. The summed E-state index contributed by atoms with van der Waals surface area (Å²) < 4.78 is 6.06. The Hall–Kier alpha value is -1.20. The predicted molar refractivity (Wildman–Crippen MR) is 96.4 cm³/mol. The molecule has 2 N–H and O–H groups in total. The summed E-state index contributed by atoms with van der Waals surface area (Å²) in [4.78, 5) is 13.8. The van der Waals surface area contributed by atoms with Crippen LogP contribution in [0, 0.1) is 0 Å². The summed E-state index contributed by atoms with van der Waals surface area (Å²) in [5, 5.41) is 6.41. The number of ether oxygens (including phenoxy) is 1. The predicted octanol–water partition coefficient (Wildman–Crippen LogP) is 4.01. The van der Waals surface area contributed by atoms with Crippen molar-refractivity contribution < 1.29 is 9.53 Å². The number of rotatable bonds is 2. The molecule has 5 heteroatoms. The Labute approximate surface area is 148 Å². The van der Waals surface area contributed by atoms with Gasteiger partial charge in [0.05, 0.1) is 11.6 Å². The van der Waals surface area contributed by atoms with Crippen LogP contribution in [-0.4, -0.2) is 30.0 Å². The average molecular weight is 346 g/mol. The van der Waals surface area contributed by atoms with Crippen LogP contribution in [0.4, 0.5) is 4.79 Å². The van der Waals surface area contributed by atoms with Gasteiger partial charge in [0.2, 0.25) is 0 Å². The summed E-state index contributed by atoms with van der Waals surface area (Å²) in [6, 6.07) is 8.74. The molecule has 0 aromatic heterocycles. The third-order valence-corrected chi connectivity index (χ3v) is 6.73. The van der Waals surface area contributed by atoms with E-state index >= 15 is 0 Å². The third kappa shape index (κ3) is 3.42. The van der Waals surface area contributed by atoms with Crippen LogP contribution >= 0.6 is 11.8 Å². The number of benzene rings is 1. The highest BCUT2D eigenvalue weighted by atomic mass is 32.2. The highest BCUT2D eigenvalue weighted by molar-refractivity contribution is 7.99. The van der Waals surface area contributed by atoms with Crippen molar-refractivity contribution in [2.75, 3.05) is 12.4 Å². The van der Waals surface area contributed by atoms with Crippen molar-refractivity contribution >= 4 is 17.8 Å². The number of carbonyl (C=O) groups is 1. The first kappa shape index (κ1) is 16.3. The Bertz CT molecular complexity index is 601. The molecule has 1 saturated carbocycles. The van der Waals surface area contributed by atoms with E-state index in [-0.39, 0.29) is 23.7 Å². The van der Waals surface area contributed by atoms with Gasteiger partial charge >= 0.3 is 6.03 Å². The molecule has 2 atom stereocenters. The fraction of sp³-hybridized carbons (Fsp3) is 0.632.